The van der Waals surface area contributed by atoms with Crippen molar-refractivity contribution < 1.29 is 9.53 Å². The summed E-state index contributed by atoms with van der Waals surface area (Å²) >= 11 is 0. The number of rotatable bonds is 3. The second-order valence-corrected chi connectivity index (χ2v) is 2.88. The molecule has 0 aromatic heterocycles. The summed E-state index contributed by atoms with van der Waals surface area (Å²) in [5.41, 5.74) is 1.72. The van der Waals surface area contributed by atoms with E-state index in [2.05, 4.69) is 11.9 Å². The molecule has 0 heterocycles. The van der Waals surface area contributed by atoms with Crippen molar-refractivity contribution in [3.63, 3.8) is 0 Å². The molecule has 1 amide bonds. The van der Waals surface area contributed by atoms with Gasteiger partial charge in [-0.1, -0.05) is 6.58 Å². The van der Waals surface area contributed by atoms with E-state index in [1.165, 1.54) is 6.08 Å². The van der Waals surface area contributed by atoms with Crippen molar-refractivity contribution in [2.75, 3.05) is 12.4 Å². The van der Waals surface area contributed by atoms with Gasteiger partial charge in [-0.05, 0) is 36.8 Å². The molecule has 0 aliphatic heterocycles. The number of hydrogen-bond donors (Lipinski definition) is 1. The first-order chi connectivity index (χ1) is 6.67. The zero-order valence-corrected chi connectivity index (χ0v) is 8.33. The van der Waals surface area contributed by atoms with Crippen LogP contribution in [-0.4, -0.2) is 13.0 Å². The highest BCUT2D eigenvalue weighted by atomic mass is 16.5. The first-order valence-electron chi connectivity index (χ1n) is 4.25. The molecule has 3 nitrogen and oxygen atoms in total. The van der Waals surface area contributed by atoms with Crippen molar-refractivity contribution in [3.05, 3.63) is 36.4 Å². The standard InChI is InChI=1S/C11H13NO2/c1-4-11(13)12-9-5-6-10(14-3)8(2)7-9/h4-7H,1H2,2-3H3,(H,12,13). The van der Waals surface area contributed by atoms with Crippen LogP contribution in [-0.2, 0) is 4.79 Å². The lowest BCUT2D eigenvalue weighted by Crippen LogP contribution is -2.07. The Bertz CT molecular complexity index is 358. The number of aryl methyl sites for hydroxylation is 1. The normalized spacial score (nSPS) is 9.29. The molecule has 0 atom stereocenters. The summed E-state index contributed by atoms with van der Waals surface area (Å²) < 4.78 is 5.10. The molecule has 0 saturated carbocycles. The first kappa shape index (κ1) is 10.3. The molecule has 74 valence electrons. The lowest BCUT2D eigenvalue weighted by atomic mass is 10.2. The van der Waals surface area contributed by atoms with E-state index < -0.39 is 0 Å². The molecule has 0 aliphatic rings. The number of ether oxygens (including phenoxy) is 1. The third-order valence-corrected chi connectivity index (χ3v) is 1.85. The van der Waals surface area contributed by atoms with E-state index in [4.69, 9.17) is 4.74 Å². The van der Waals surface area contributed by atoms with Gasteiger partial charge in [0.2, 0.25) is 5.91 Å². The third-order valence-electron chi connectivity index (χ3n) is 1.85. The largest absolute Gasteiger partial charge is 0.496 e. The van der Waals surface area contributed by atoms with E-state index in [-0.39, 0.29) is 5.91 Å². The van der Waals surface area contributed by atoms with E-state index in [0.29, 0.717) is 0 Å². The average molecular weight is 191 g/mol. The number of benzene rings is 1. The highest BCUT2D eigenvalue weighted by Gasteiger charge is 2.01. The molecule has 0 radical (unpaired) electrons. The maximum Gasteiger partial charge on any atom is 0.247 e. The molecule has 1 N–H and O–H groups in total. The molecule has 0 unspecified atom stereocenters. The number of carbonyl (C=O) groups excluding carboxylic acids is 1. The van der Waals surface area contributed by atoms with E-state index in [1.54, 1.807) is 13.2 Å². The summed E-state index contributed by atoms with van der Waals surface area (Å²) in [6.45, 7) is 5.30. The molecule has 0 spiro atoms. The predicted octanol–water partition coefficient (Wildman–Crippen LogP) is 2.13. The number of nitrogens with one attached hydrogen (secondary N) is 1. The second-order valence-electron chi connectivity index (χ2n) is 2.88. The lowest BCUT2D eigenvalue weighted by molar-refractivity contribution is -0.111. The zero-order chi connectivity index (χ0) is 10.6. The van der Waals surface area contributed by atoms with E-state index >= 15 is 0 Å². The summed E-state index contributed by atoms with van der Waals surface area (Å²) in [6.07, 6.45) is 1.24. The summed E-state index contributed by atoms with van der Waals surface area (Å²) in [4.78, 5) is 11.0. The van der Waals surface area contributed by atoms with E-state index in [9.17, 15) is 4.79 Å². The minimum Gasteiger partial charge on any atom is -0.496 e. The molecule has 1 aromatic carbocycles. The van der Waals surface area contributed by atoms with Gasteiger partial charge >= 0.3 is 0 Å². The lowest BCUT2D eigenvalue weighted by Gasteiger charge is -2.07. The van der Waals surface area contributed by atoms with E-state index in [0.717, 1.165) is 17.0 Å². The highest BCUT2D eigenvalue weighted by Crippen LogP contribution is 2.21. The van der Waals surface area contributed by atoms with Crippen LogP contribution >= 0.6 is 0 Å². The first-order valence-corrected chi connectivity index (χ1v) is 4.25. The molecule has 0 bridgehead atoms. The summed E-state index contributed by atoms with van der Waals surface area (Å²) in [7, 11) is 1.62. The van der Waals surface area contributed by atoms with Gasteiger partial charge in [0, 0.05) is 5.69 Å². The molecule has 1 rings (SSSR count). The molecule has 1 aromatic rings. The van der Waals surface area contributed by atoms with Crippen LogP contribution in [0.2, 0.25) is 0 Å². The van der Waals surface area contributed by atoms with Gasteiger partial charge in [0.1, 0.15) is 5.75 Å². The van der Waals surface area contributed by atoms with Crippen LogP contribution in [0.4, 0.5) is 5.69 Å². The molecule has 14 heavy (non-hydrogen) atoms. The van der Waals surface area contributed by atoms with Crippen molar-refractivity contribution in [3.8, 4) is 5.75 Å². The Hall–Kier alpha value is -1.77. The summed E-state index contributed by atoms with van der Waals surface area (Å²) in [5, 5.41) is 2.67. The van der Waals surface area contributed by atoms with Crippen molar-refractivity contribution in [2.24, 2.45) is 0 Å². The van der Waals surface area contributed by atoms with Gasteiger partial charge in [0.15, 0.2) is 0 Å². The van der Waals surface area contributed by atoms with Crippen molar-refractivity contribution >= 4 is 11.6 Å². The molecule has 3 heteroatoms. The maximum atomic E-state index is 11.0. The number of anilines is 1. The zero-order valence-electron chi connectivity index (χ0n) is 8.33. The summed E-state index contributed by atoms with van der Waals surface area (Å²) in [5.74, 6) is 0.594. The Kier molecular flexibility index (Phi) is 3.29. The van der Waals surface area contributed by atoms with E-state index in [1.807, 2.05) is 19.1 Å². The van der Waals surface area contributed by atoms with Gasteiger partial charge < -0.3 is 10.1 Å². The van der Waals surface area contributed by atoms with Crippen LogP contribution in [0.5, 0.6) is 5.75 Å². The van der Waals surface area contributed by atoms with Crippen LogP contribution in [0.15, 0.2) is 30.9 Å². The van der Waals surface area contributed by atoms with Crippen LogP contribution in [0.3, 0.4) is 0 Å². The fraction of sp³-hybridized carbons (Fsp3) is 0.182. The Morgan fingerprint density at radius 3 is 2.79 bits per heavy atom. The number of methoxy groups -OCH3 is 1. The maximum absolute atomic E-state index is 11.0. The Balaban J connectivity index is 2.86. The number of hydrogen-bond acceptors (Lipinski definition) is 2. The summed E-state index contributed by atoms with van der Waals surface area (Å²) in [6, 6.07) is 5.45. The smallest absolute Gasteiger partial charge is 0.247 e. The molecule has 0 fully saturated rings. The molecule has 0 saturated heterocycles. The van der Waals surface area contributed by atoms with Crippen LogP contribution in [0, 0.1) is 6.92 Å². The SMILES string of the molecule is C=CC(=O)Nc1ccc(OC)c(C)c1. The van der Waals surface area contributed by atoms with Gasteiger partial charge in [-0.15, -0.1) is 0 Å². The van der Waals surface area contributed by atoms with Crippen LogP contribution in [0.25, 0.3) is 0 Å². The third kappa shape index (κ3) is 2.36. The van der Waals surface area contributed by atoms with Gasteiger partial charge in [0.05, 0.1) is 7.11 Å². The second kappa shape index (κ2) is 4.46. The van der Waals surface area contributed by atoms with Gasteiger partial charge in [-0.3, -0.25) is 4.79 Å². The molecular formula is C11H13NO2. The predicted molar refractivity (Wildman–Crippen MR) is 56.6 cm³/mol. The van der Waals surface area contributed by atoms with Crippen molar-refractivity contribution in [2.45, 2.75) is 6.92 Å². The fourth-order valence-electron chi connectivity index (χ4n) is 1.15. The Morgan fingerprint density at radius 2 is 2.29 bits per heavy atom. The van der Waals surface area contributed by atoms with Gasteiger partial charge in [-0.2, -0.15) is 0 Å². The minimum absolute atomic E-state index is 0.213. The minimum atomic E-state index is -0.213. The monoisotopic (exact) mass is 191 g/mol. The van der Waals surface area contributed by atoms with Crippen LogP contribution < -0.4 is 10.1 Å². The molecular weight excluding hydrogens is 178 g/mol. The fourth-order valence-corrected chi connectivity index (χ4v) is 1.15. The topological polar surface area (TPSA) is 38.3 Å². The Morgan fingerprint density at radius 1 is 1.57 bits per heavy atom. The average Bonchev–Trinajstić information content (AvgIpc) is 2.18. The number of amides is 1. The van der Waals surface area contributed by atoms with Crippen molar-refractivity contribution in [1.29, 1.82) is 0 Å². The highest BCUT2D eigenvalue weighted by molar-refractivity contribution is 5.98. The van der Waals surface area contributed by atoms with Crippen molar-refractivity contribution in [1.82, 2.24) is 0 Å². The van der Waals surface area contributed by atoms with Gasteiger partial charge in [0.25, 0.3) is 0 Å². The Labute approximate surface area is 83.4 Å². The van der Waals surface area contributed by atoms with Crippen LogP contribution in [0.1, 0.15) is 5.56 Å². The molecule has 0 aliphatic carbocycles. The quantitative estimate of drug-likeness (QED) is 0.743. The number of carbonyl (C=O) groups is 1. The van der Waals surface area contributed by atoms with Gasteiger partial charge in [-0.25, -0.2) is 0 Å².